The molecule has 2 rings (SSSR count). The summed E-state index contributed by atoms with van der Waals surface area (Å²) in [4.78, 5) is 12.8. The minimum absolute atomic E-state index is 0.190. The van der Waals surface area contributed by atoms with Crippen LogP contribution in [0.5, 0.6) is 0 Å². The molecule has 3 N–H and O–H groups in total. The molecule has 0 saturated carbocycles. The van der Waals surface area contributed by atoms with Gasteiger partial charge in [0, 0.05) is 34.8 Å². The number of carbonyl (C=O) groups is 1. The van der Waals surface area contributed by atoms with Gasteiger partial charge >= 0.3 is 0 Å². The van der Waals surface area contributed by atoms with E-state index in [4.69, 9.17) is 10.5 Å². The molecule has 0 aliphatic heterocycles. The van der Waals surface area contributed by atoms with Gasteiger partial charge in [-0.05, 0) is 26.0 Å². The summed E-state index contributed by atoms with van der Waals surface area (Å²) in [5.74, 6) is -0.588. The monoisotopic (exact) mass is 310 g/mol. The fraction of sp³-hybridized carbons (Fsp3) is 0.400. The van der Waals surface area contributed by atoms with Crippen LogP contribution < -0.4 is 11.1 Å². The minimum Gasteiger partial charge on any atom is -0.380 e. The second kappa shape index (κ2) is 6.09. The van der Waals surface area contributed by atoms with Crippen LogP contribution in [0.2, 0.25) is 0 Å². The van der Waals surface area contributed by atoms with E-state index in [-0.39, 0.29) is 18.3 Å². The lowest BCUT2D eigenvalue weighted by molar-refractivity contribution is 0.0946. The van der Waals surface area contributed by atoms with Crippen LogP contribution >= 0.6 is 11.3 Å². The summed E-state index contributed by atoms with van der Waals surface area (Å²) in [5.41, 5.74) is 5.95. The number of methoxy groups -OCH3 is 1. The molecule has 1 aromatic carbocycles. The van der Waals surface area contributed by atoms with Gasteiger partial charge in [-0.1, -0.05) is 6.07 Å². The molecule has 0 atom stereocenters. The van der Waals surface area contributed by atoms with Crippen LogP contribution in [0.15, 0.2) is 18.2 Å². The van der Waals surface area contributed by atoms with Crippen LogP contribution in [0.3, 0.4) is 0 Å². The summed E-state index contributed by atoms with van der Waals surface area (Å²) in [5, 5.41) is 3.25. The molecule has 0 unspecified atom stereocenters. The van der Waals surface area contributed by atoms with Crippen molar-refractivity contribution in [2.45, 2.75) is 26.0 Å². The topological polar surface area (TPSA) is 64.3 Å². The Hall–Kier alpha value is -1.50. The van der Waals surface area contributed by atoms with Crippen molar-refractivity contribution in [1.82, 2.24) is 5.32 Å². The number of thiophene rings is 1. The summed E-state index contributed by atoms with van der Waals surface area (Å²) in [6.45, 7) is 4.19. The molecule has 0 bridgehead atoms. The van der Waals surface area contributed by atoms with Gasteiger partial charge in [-0.25, -0.2) is 4.39 Å². The van der Waals surface area contributed by atoms with Gasteiger partial charge in [-0.3, -0.25) is 4.79 Å². The summed E-state index contributed by atoms with van der Waals surface area (Å²) >= 11 is 1.26. The lowest BCUT2D eigenvalue weighted by Gasteiger charge is -2.18. The van der Waals surface area contributed by atoms with E-state index in [1.165, 1.54) is 24.5 Å². The highest BCUT2D eigenvalue weighted by molar-refractivity contribution is 7.21. The molecule has 0 aliphatic carbocycles. The lowest BCUT2D eigenvalue weighted by Crippen LogP contribution is -2.45. The Morgan fingerprint density at radius 3 is 2.81 bits per heavy atom. The predicted molar refractivity (Wildman–Crippen MR) is 83.1 cm³/mol. The number of hydrogen-bond acceptors (Lipinski definition) is 4. The third-order valence-electron chi connectivity index (χ3n) is 2.96. The first-order valence-electron chi connectivity index (χ1n) is 6.59. The number of nitrogens with two attached hydrogens (primary N) is 1. The van der Waals surface area contributed by atoms with Crippen LogP contribution in [0.25, 0.3) is 10.1 Å². The molecule has 6 heteroatoms. The number of amides is 1. The Bertz CT molecular complexity index is 661. The molecule has 0 saturated heterocycles. The predicted octanol–water partition coefficient (Wildman–Crippen LogP) is 2.65. The quantitative estimate of drug-likeness (QED) is 0.892. The Morgan fingerprint density at radius 2 is 2.19 bits per heavy atom. The Morgan fingerprint density at radius 1 is 1.48 bits per heavy atom. The minimum atomic E-state index is -0.501. The zero-order valence-corrected chi connectivity index (χ0v) is 13.1. The molecule has 0 fully saturated rings. The summed E-state index contributed by atoms with van der Waals surface area (Å²) < 4.78 is 19.9. The van der Waals surface area contributed by atoms with Crippen molar-refractivity contribution in [3.63, 3.8) is 0 Å². The molecule has 0 spiro atoms. The molecule has 2 aromatic rings. The van der Waals surface area contributed by atoms with E-state index in [1.54, 1.807) is 12.1 Å². The Kier molecular flexibility index (Phi) is 4.61. The van der Waals surface area contributed by atoms with Gasteiger partial charge in [0.2, 0.25) is 0 Å². The van der Waals surface area contributed by atoms with Gasteiger partial charge in [0.1, 0.15) is 5.82 Å². The van der Waals surface area contributed by atoms with Crippen molar-refractivity contribution >= 4 is 27.3 Å². The SMILES string of the molecule is COCc1c(C(=O)NCC(C)(C)N)sc2cccc(F)c12. The van der Waals surface area contributed by atoms with Crippen LogP contribution in [-0.2, 0) is 11.3 Å². The Labute approximate surface area is 127 Å². The molecular weight excluding hydrogens is 291 g/mol. The average molecular weight is 310 g/mol. The van der Waals surface area contributed by atoms with Gasteiger partial charge in [0.25, 0.3) is 5.91 Å². The fourth-order valence-corrected chi connectivity index (χ4v) is 3.16. The molecule has 1 amide bonds. The number of halogens is 1. The van der Waals surface area contributed by atoms with Crippen molar-refractivity contribution < 1.29 is 13.9 Å². The highest BCUT2D eigenvalue weighted by atomic mass is 32.1. The standard InChI is InChI=1S/C15H19FN2O2S/c1-15(2,17)8-18-14(19)13-9(7-20-3)12-10(16)5-4-6-11(12)21-13/h4-6H,7-8,17H2,1-3H3,(H,18,19). The molecule has 114 valence electrons. The van der Waals surface area contributed by atoms with Crippen molar-refractivity contribution in [1.29, 1.82) is 0 Å². The largest absolute Gasteiger partial charge is 0.380 e. The number of fused-ring (bicyclic) bond motifs is 1. The van der Waals surface area contributed by atoms with E-state index in [2.05, 4.69) is 5.32 Å². The van der Waals surface area contributed by atoms with Crippen LogP contribution in [0.1, 0.15) is 29.1 Å². The molecule has 4 nitrogen and oxygen atoms in total. The van der Waals surface area contributed by atoms with Gasteiger partial charge in [-0.2, -0.15) is 0 Å². The Balaban J connectivity index is 2.41. The van der Waals surface area contributed by atoms with Crippen molar-refractivity contribution in [2.24, 2.45) is 5.73 Å². The summed E-state index contributed by atoms with van der Waals surface area (Å²) in [6.07, 6.45) is 0. The number of rotatable bonds is 5. The van der Waals surface area contributed by atoms with Crippen molar-refractivity contribution in [3.05, 3.63) is 34.5 Å². The van der Waals surface area contributed by atoms with Gasteiger partial charge < -0.3 is 15.8 Å². The molecule has 21 heavy (non-hydrogen) atoms. The lowest BCUT2D eigenvalue weighted by atomic mass is 10.1. The zero-order valence-electron chi connectivity index (χ0n) is 12.3. The van der Waals surface area contributed by atoms with E-state index in [9.17, 15) is 9.18 Å². The second-order valence-corrected chi connectivity index (χ2v) is 6.68. The van der Waals surface area contributed by atoms with Gasteiger partial charge in [0.15, 0.2) is 0 Å². The molecule has 0 radical (unpaired) electrons. The first-order chi connectivity index (χ1) is 9.83. The third-order valence-corrected chi connectivity index (χ3v) is 4.16. The number of nitrogens with one attached hydrogen (secondary N) is 1. The zero-order chi connectivity index (χ0) is 15.6. The number of carbonyl (C=O) groups excluding carboxylic acids is 1. The number of benzene rings is 1. The summed E-state index contributed by atoms with van der Waals surface area (Å²) in [6, 6.07) is 4.82. The van der Waals surface area contributed by atoms with Gasteiger partial charge in [0.05, 0.1) is 11.5 Å². The maximum absolute atomic E-state index is 14.0. The van der Waals surface area contributed by atoms with E-state index in [0.29, 0.717) is 22.4 Å². The molecule has 0 aliphatic rings. The van der Waals surface area contributed by atoms with Crippen LogP contribution in [-0.4, -0.2) is 25.1 Å². The van der Waals surface area contributed by atoms with E-state index in [0.717, 1.165) is 4.70 Å². The van der Waals surface area contributed by atoms with Gasteiger partial charge in [-0.15, -0.1) is 11.3 Å². The number of hydrogen-bond donors (Lipinski definition) is 2. The molecule has 1 aromatic heterocycles. The maximum Gasteiger partial charge on any atom is 0.261 e. The highest BCUT2D eigenvalue weighted by Crippen LogP contribution is 2.33. The molecule has 1 heterocycles. The molecular formula is C15H19FN2O2S. The second-order valence-electron chi connectivity index (χ2n) is 5.63. The number of ether oxygens (including phenoxy) is 1. The van der Waals surface area contributed by atoms with Crippen LogP contribution in [0, 0.1) is 5.82 Å². The first kappa shape index (κ1) is 15.9. The normalized spacial score (nSPS) is 11.9. The van der Waals surface area contributed by atoms with Crippen LogP contribution in [0.4, 0.5) is 4.39 Å². The summed E-state index contributed by atoms with van der Waals surface area (Å²) in [7, 11) is 1.52. The smallest absolute Gasteiger partial charge is 0.261 e. The highest BCUT2D eigenvalue weighted by Gasteiger charge is 2.21. The van der Waals surface area contributed by atoms with Crippen molar-refractivity contribution in [3.8, 4) is 0 Å². The average Bonchev–Trinajstić information content (AvgIpc) is 2.76. The third kappa shape index (κ3) is 3.58. The maximum atomic E-state index is 14.0. The fourth-order valence-electron chi connectivity index (χ4n) is 2.02. The van der Waals surface area contributed by atoms with Crippen molar-refractivity contribution in [2.75, 3.05) is 13.7 Å². The van der Waals surface area contributed by atoms with E-state index in [1.807, 2.05) is 13.8 Å². The van der Waals surface area contributed by atoms with E-state index >= 15 is 0 Å². The van der Waals surface area contributed by atoms with E-state index < -0.39 is 5.54 Å². The first-order valence-corrected chi connectivity index (χ1v) is 7.41.